The van der Waals surface area contributed by atoms with Crippen LogP contribution in [-0.2, 0) is 4.74 Å². The fourth-order valence-electron chi connectivity index (χ4n) is 0.682. The molecule has 0 bridgehead atoms. The number of rotatable bonds is 6. The fourth-order valence-corrected chi connectivity index (χ4v) is 2.25. The molecule has 0 aromatic heterocycles. The lowest BCUT2D eigenvalue weighted by molar-refractivity contribution is -0.383. The Kier molecular flexibility index (Phi) is 5.52. The lowest BCUT2D eigenvalue weighted by Crippen LogP contribution is -2.62. The van der Waals surface area contributed by atoms with E-state index in [1.54, 1.807) is 0 Å². The summed E-state index contributed by atoms with van der Waals surface area (Å²) in [7, 11) is 0. The maximum Gasteiger partial charge on any atom is 0.425 e. The van der Waals surface area contributed by atoms with E-state index in [1.165, 1.54) is 6.92 Å². The minimum atomic E-state index is -5.90. The molecule has 1 nitrogen and oxygen atoms in total. The molecule has 0 saturated carbocycles. The van der Waals surface area contributed by atoms with E-state index in [4.69, 9.17) is 33.2 Å². The van der Waals surface area contributed by atoms with E-state index in [9.17, 15) is 26.3 Å². The molecule has 0 aliphatic carbocycles. The second-order valence-electron chi connectivity index (χ2n) is 3.01. The third-order valence-corrected chi connectivity index (χ3v) is 4.77. The molecule has 0 atom stereocenters. The van der Waals surface area contributed by atoms with Crippen molar-refractivity contribution in [2.45, 2.75) is 30.9 Å². The van der Waals surface area contributed by atoms with E-state index in [2.05, 4.69) is 4.74 Å². The molecular formula is C6H7Cl3F6OSi. The van der Waals surface area contributed by atoms with Gasteiger partial charge in [-0.05, 0) is 6.42 Å². The van der Waals surface area contributed by atoms with E-state index in [0.717, 1.165) is 0 Å². The van der Waals surface area contributed by atoms with Gasteiger partial charge in [0.2, 0.25) is 0 Å². The van der Waals surface area contributed by atoms with Crippen molar-refractivity contribution < 1.29 is 31.1 Å². The minimum Gasteiger partial charge on any atom is -0.316 e. The smallest absolute Gasteiger partial charge is 0.316 e. The number of hydrogen-bond acceptors (Lipinski definition) is 1. The molecule has 17 heavy (non-hydrogen) atoms. The Morgan fingerprint density at radius 2 is 1.41 bits per heavy atom. The summed E-state index contributed by atoms with van der Waals surface area (Å²) in [6.07, 6.45) is -5.48. The van der Waals surface area contributed by atoms with Crippen molar-refractivity contribution in [1.82, 2.24) is 0 Å². The Labute approximate surface area is 108 Å². The zero-order valence-corrected chi connectivity index (χ0v) is 11.5. The second-order valence-corrected chi connectivity index (χ2v) is 11.5. The third kappa shape index (κ3) is 3.34. The van der Waals surface area contributed by atoms with Crippen molar-refractivity contribution in [3.8, 4) is 0 Å². The van der Waals surface area contributed by atoms with Crippen LogP contribution in [0.2, 0.25) is 0 Å². The number of alkyl halides is 6. The van der Waals surface area contributed by atoms with Gasteiger partial charge in [0.15, 0.2) is 0 Å². The molecule has 0 aliphatic heterocycles. The van der Waals surface area contributed by atoms with Gasteiger partial charge in [0.25, 0.3) is 0 Å². The highest BCUT2D eigenvalue weighted by molar-refractivity contribution is 7.65. The van der Waals surface area contributed by atoms with Gasteiger partial charge >= 0.3 is 23.6 Å². The Balaban J connectivity index is 5.24. The molecule has 0 N–H and O–H groups in total. The Morgan fingerprint density at radius 1 is 1.00 bits per heavy atom. The maximum absolute atomic E-state index is 13.0. The van der Waals surface area contributed by atoms with Gasteiger partial charge in [0, 0.05) is 0 Å². The van der Waals surface area contributed by atoms with E-state index in [-0.39, 0.29) is 6.42 Å². The maximum atomic E-state index is 13.0. The molecule has 0 heterocycles. The molecule has 0 aromatic rings. The molecule has 11 heteroatoms. The summed E-state index contributed by atoms with van der Waals surface area (Å²) in [6, 6.07) is -5.40. The zero-order valence-electron chi connectivity index (χ0n) is 8.22. The molecule has 0 rings (SSSR count). The number of halogens is 9. The first-order chi connectivity index (χ1) is 7.31. The van der Waals surface area contributed by atoms with Crippen molar-refractivity contribution in [1.29, 1.82) is 0 Å². The van der Waals surface area contributed by atoms with Gasteiger partial charge in [-0.1, -0.05) is 6.92 Å². The van der Waals surface area contributed by atoms with Crippen LogP contribution in [0.5, 0.6) is 0 Å². The van der Waals surface area contributed by atoms with Gasteiger partial charge in [-0.15, -0.1) is 33.2 Å². The highest BCUT2D eigenvalue weighted by Gasteiger charge is 2.80. The van der Waals surface area contributed by atoms with Gasteiger partial charge < -0.3 is 4.74 Å². The van der Waals surface area contributed by atoms with Crippen LogP contribution in [0.15, 0.2) is 0 Å². The SMILES string of the molecule is CCCOC(F)(F)C(F)(F)C(F)(F)[Si](Cl)(Cl)Cl. The Bertz CT molecular complexity index is 269. The molecule has 0 aromatic carbocycles. The van der Waals surface area contributed by atoms with Gasteiger partial charge in [-0.25, -0.2) is 0 Å². The second kappa shape index (κ2) is 5.32. The lowest BCUT2D eigenvalue weighted by Gasteiger charge is -2.34. The monoisotopic (exact) mass is 342 g/mol. The van der Waals surface area contributed by atoms with Crippen LogP contribution in [0.4, 0.5) is 26.3 Å². The van der Waals surface area contributed by atoms with E-state index in [0.29, 0.717) is 0 Å². The molecule has 0 spiro atoms. The van der Waals surface area contributed by atoms with Crippen molar-refractivity contribution in [3.05, 3.63) is 0 Å². The standard InChI is InChI=1S/C6H7Cl3F6OSi/c1-2-3-16-5(12,13)4(10,11)6(14,15)17(7,8)9/h2-3H2,1H3. The van der Waals surface area contributed by atoms with Crippen LogP contribution in [0.3, 0.4) is 0 Å². The molecule has 0 radical (unpaired) electrons. The van der Waals surface area contributed by atoms with Crippen LogP contribution in [0.1, 0.15) is 13.3 Å². The predicted molar refractivity (Wildman–Crippen MR) is 54.4 cm³/mol. The average molecular weight is 344 g/mol. The highest BCUT2D eigenvalue weighted by Crippen LogP contribution is 2.53. The first-order valence-electron chi connectivity index (χ1n) is 4.15. The van der Waals surface area contributed by atoms with Crippen molar-refractivity contribution in [2.24, 2.45) is 0 Å². The summed E-state index contributed by atoms with van der Waals surface area (Å²) in [4.78, 5) is 0. The largest absolute Gasteiger partial charge is 0.425 e. The van der Waals surface area contributed by atoms with Crippen LogP contribution >= 0.6 is 33.2 Å². The molecular weight excluding hydrogens is 336 g/mol. The van der Waals surface area contributed by atoms with Gasteiger partial charge in [0.05, 0.1) is 6.61 Å². The van der Waals surface area contributed by atoms with Crippen LogP contribution < -0.4 is 0 Å². The molecule has 0 aliphatic rings. The molecule has 104 valence electrons. The topological polar surface area (TPSA) is 9.23 Å². The van der Waals surface area contributed by atoms with E-state index >= 15 is 0 Å². The van der Waals surface area contributed by atoms with Gasteiger partial charge in [-0.3, -0.25) is 0 Å². The molecule has 0 unspecified atom stereocenters. The van der Waals surface area contributed by atoms with Crippen LogP contribution in [0, 0.1) is 0 Å². The quantitative estimate of drug-likeness (QED) is 0.393. The van der Waals surface area contributed by atoms with Crippen molar-refractivity contribution in [2.75, 3.05) is 6.61 Å². The highest BCUT2D eigenvalue weighted by atomic mass is 35.8. The van der Waals surface area contributed by atoms with Gasteiger partial charge in [0.1, 0.15) is 0 Å². The molecule has 0 fully saturated rings. The van der Waals surface area contributed by atoms with Crippen LogP contribution in [0.25, 0.3) is 0 Å². The summed E-state index contributed by atoms with van der Waals surface area (Å²) in [6.45, 7) is 0.496. The Hall–Kier alpha value is 0.627. The lowest BCUT2D eigenvalue weighted by atomic mass is 10.3. The predicted octanol–water partition coefficient (Wildman–Crippen LogP) is 4.47. The molecule has 0 saturated heterocycles. The van der Waals surface area contributed by atoms with Crippen LogP contribution in [-0.4, -0.2) is 30.2 Å². The fraction of sp³-hybridized carbons (Fsp3) is 1.00. The average Bonchev–Trinajstić information content (AvgIpc) is 2.12. The third-order valence-electron chi connectivity index (χ3n) is 1.60. The summed E-state index contributed by atoms with van der Waals surface area (Å²) >= 11 is 14.1. The normalized spacial score (nSPS) is 15.2. The number of hydrogen-bond donors (Lipinski definition) is 0. The zero-order chi connectivity index (χ0) is 14.1. The number of ether oxygens (including phenoxy) is 1. The molecule has 0 amide bonds. The van der Waals surface area contributed by atoms with Crippen molar-refractivity contribution >= 4 is 39.2 Å². The minimum absolute atomic E-state index is 0.0670. The summed E-state index contributed by atoms with van der Waals surface area (Å²) in [5.41, 5.74) is -5.46. The van der Waals surface area contributed by atoms with Crippen molar-refractivity contribution in [3.63, 3.8) is 0 Å². The van der Waals surface area contributed by atoms with E-state index in [1.807, 2.05) is 0 Å². The summed E-state index contributed by atoms with van der Waals surface area (Å²) < 4.78 is 80.9. The Morgan fingerprint density at radius 3 is 1.71 bits per heavy atom. The van der Waals surface area contributed by atoms with E-state index < -0.39 is 30.2 Å². The first-order valence-corrected chi connectivity index (χ1v) is 9.19. The van der Waals surface area contributed by atoms with Gasteiger partial charge in [-0.2, -0.15) is 26.3 Å². The summed E-state index contributed by atoms with van der Waals surface area (Å²) in [5, 5.41) is 0. The summed E-state index contributed by atoms with van der Waals surface area (Å²) in [5.74, 6) is -5.90. The first kappa shape index (κ1) is 17.6.